The summed E-state index contributed by atoms with van der Waals surface area (Å²) in [5, 5.41) is 12.9. The predicted octanol–water partition coefficient (Wildman–Crippen LogP) is 4.33. The van der Waals surface area contributed by atoms with E-state index in [-0.39, 0.29) is 5.91 Å². The van der Waals surface area contributed by atoms with Crippen LogP contribution in [-0.2, 0) is 4.79 Å². The number of hydrogen-bond donors (Lipinski definition) is 1. The smallest absolute Gasteiger partial charge is 0.247 e. The molecule has 0 saturated carbocycles. The number of aromatic nitrogens is 4. The number of benzene rings is 2. The number of rotatable bonds is 3. The molecule has 0 spiro atoms. The van der Waals surface area contributed by atoms with Crippen LogP contribution in [0.3, 0.4) is 0 Å². The number of carbonyl (C=O) groups is 1. The van der Waals surface area contributed by atoms with E-state index < -0.39 is 0 Å². The van der Waals surface area contributed by atoms with Crippen LogP contribution in [0.25, 0.3) is 33.1 Å². The first-order chi connectivity index (χ1) is 13.1. The van der Waals surface area contributed by atoms with Gasteiger partial charge in [-0.3, -0.25) is 14.8 Å². The van der Waals surface area contributed by atoms with Crippen LogP contribution in [0.15, 0.2) is 55.4 Å². The Balaban J connectivity index is 2.15. The van der Waals surface area contributed by atoms with Gasteiger partial charge in [0, 0.05) is 22.2 Å². The van der Waals surface area contributed by atoms with E-state index in [1.165, 1.54) is 6.08 Å². The van der Waals surface area contributed by atoms with Crippen molar-refractivity contribution in [3.8, 4) is 11.3 Å². The van der Waals surface area contributed by atoms with Crippen molar-refractivity contribution in [1.29, 1.82) is 0 Å². The summed E-state index contributed by atoms with van der Waals surface area (Å²) < 4.78 is 0. The molecule has 4 aromatic rings. The monoisotopic (exact) mass is 375 g/mol. The summed E-state index contributed by atoms with van der Waals surface area (Å²) in [6, 6.07) is 9.27. The lowest BCUT2D eigenvalue weighted by Gasteiger charge is -2.08. The minimum absolute atomic E-state index is 0.338. The summed E-state index contributed by atoms with van der Waals surface area (Å²) in [7, 11) is 0. The lowest BCUT2D eigenvalue weighted by atomic mass is 10.0. The molecular weight excluding hydrogens is 362 g/mol. The van der Waals surface area contributed by atoms with E-state index in [1.807, 2.05) is 31.2 Å². The minimum Gasteiger partial charge on any atom is -0.321 e. The molecule has 1 N–H and O–H groups in total. The Bertz CT molecular complexity index is 1220. The topological polar surface area (TPSA) is 80.7 Å². The quantitative estimate of drug-likeness (QED) is 0.539. The van der Waals surface area contributed by atoms with Gasteiger partial charge in [-0.1, -0.05) is 36.4 Å². The standard InChI is InChI=1S/C20H14ClN5O/c1-3-17(27)25-16-8-13-18(14-10-23-26-20(14)16)22-9-11(2)24-19(13)12-6-4-5-7-15(12)21/h3-10H,1H2,2H3,(H,25,27). The number of amides is 1. The second kappa shape index (κ2) is 6.74. The number of halogens is 1. The van der Waals surface area contributed by atoms with Crippen molar-refractivity contribution in [2.45, 2.75) is 6.92 Å². The second-order valence-corrected chi connectivity index (χ2v) is 6.37. The van der Waals surface area contributed by atoms with Gasteiger partial charge in [0.2, 0.25) is 5.91 Å². The first-order valence-corrected chi connectivity index (χ1v) is 8.56. The van der Waals surface area contributed by atoms with Gasteiger partial charge in [-0.2, -0.15) is 5.10 Å². The van der Waals surface area contributed by atoms with Gasteiger partial charge in [-0.25, -0.2) is 0 Å². The maximum absolute atomic E-state index is 11.9. The van der Waals surface area contributed by atoms with Crippen molar-refractivity contribution in [3.63, 3.8) is 0 Å². The molecule has 0 aliphatic heterocycles. The number of nitrogens with one attached hydrogen (secondary N) is 1. The van der Waals surface area contributed by atoms with Gasteiger partial charge in [0.15, 0.2) is 0 Å². The fraction of sp³-hybridized carbons (Fsp3) is 0.0500. The number of nitrogens with zero attached hydrogens (tertiary/aromatic N) is 4. The summed E-state index contributed by atoms with van der Waals surface area (Å²) in [4.78, 5) is 21.2. The summed E-state index contributed by atoms with van der Waals surface area (Å²) >= 11 is 6.43. The van der Waals surface area contributed by atoms with Crippen LogP contribution in [0.4, 0.5) is 5.69 Å². The summed E-state index contributed by atoms with van der Waals surface area (Å²) in [5.74, 6) is -0.338. The highest BCUT2D eigenvalue weighted by atomic mass is 35.5. The van der Waals surface area contributed by atoms with E-state index in [1.54, 1.807) is 18.5 Å². The molecule has 1 amide bonds. The molecule has 2 aromatic heterocycles. The Hall–Kier alpha value is -3.38. The Morgan fingerprint density at radius 3 is 2.78 bits per heavy atom. The number of hydrogen-bond acceptors (Lipinski definition) is 5. The lowest BCUT2D eigenvalue weighted by molar-refractivity contribution is -0.111. The zero-order valence-electron chi connectivity index (χ0n) is 14.4. The number of anilines is 1. The van der Waals surface area contributed by atoms with Gasteiger partial charge < -0.3 is 5.32 Å². The third-order valence-corrected chi connectivity index (χ3v) is 4.48. The zero-order chi connectivity index (χ0) is 19.0. The predicted molar refractivity (Wildman–Crippen MR) is 107 cm³/mol. The molecule has 0 radical (unpaired) electrons. The first-order valence-electron chi connectivity index (χ1n) is 8.18. The zero-order valence-corrected chi connectivity index (χ0v) is 15.2. The van der Waals surface area contributed by atoms with E-state index in [0.29, 0.717) is 27.4 Å². The molecule has 0 aliphatic rings. The number of fused-ring (bicyclic) bond motifs is 3. The van der Waals surface area contributed by atoms with Crippen LogP contribution in [0, 0.1) is 6.92 Å². The minimum atomic E-state index is -0.338. The van der Waals surface area contributed by atoms with Crippen LogP contribution in [0.2, 0.25) is 5.02 Å². The molecule has 6 nitrogen and oxygen atoms in total. The largest absolute Gasteiger partial charge is 0.321 e. The van der Waals surface area contributed by atoms with Crippen molar-refractivity contribution in [3.05, 3.63) is 66.1 Å². The summed E-state index contributed by atoms with van der Waals surface area (Å²) in [6.45, 7) is 5.36. The van der Waals surface area contributed by atoms with E-state index in [4.69, 9.17) is 16.6 Å². The van der Waals surface area contributed by atoms with Gasteiger partial charge in [0.25, 0.3) is 0 Å². The molecule has 2 aromatic carbocycles. The van der Waals surface area contributed by atoms with Crippen molar-refractivity contribution in [2.75, 3.05) is 5.32 Å². The van der Waals surface area contributed by atoms with Gasteiger partial charge in [0.05, 0.1) is 34.2 Å². The third-order valence-electron chi connectivity index (χ3n) is 4.15. The highest BCUT2D eigenvalue weighted by Crippen LogP contribution is 2.36. The Kier molecular flexibility index (Phi) is 4.25. The molecule has 27 heavy (non-hydrogen) atoms. The molecule has 2 heterocycles. The maximum Gasteiger partial charge on any atom is 0.247 e. The van der Waals surface area contributed by atoms with Crippen molar-refractivity contribution in [1.82, 2.24) is 20.2 Å². The van der Waals surface area contributed by atoms with Gasteiger partial charge >= 0.3 is 0 Å². The molecule has 7 heteroatoms. The normalized spacial score (nSPS) is 10.9. The Labute approximate surface area is 159 Å². The number of carbonyl (C=O) groups excluding carboxylic acids is 1. The van der Waals surface area contributed by atoms with E-state index in [0.717, 1.165) is 22.0 Å². The van der Waals surface area contributed by atoms with Gasteiger partial charge in [0.1, 0.15) is 5.52 Å². The van der Waals surface area contributed by atoms with Crippen LogP contribution in [0.1, 0.15) is 5.69 Å². The number of aryl methyl sites for hydroxylation is 1. The fourth-order valence-corrected chi connectivity index (χ4v) is 3.16. The molecule has 0 fully saturated rings. The molecule has 0 atom stereocenters. The van der Waals surface area contributed by atoms with E-state index >= 15 is 0 Å². The van der Waals surface area contributed by atoms with Crippen LogP contribution in [0.5, 0.6) is 0 Å². The van der Waals surface area contributed by atoms with Crippen LogP contribution in [-0.4, -0.2) is 26.1 Å². The SMILES string of the molecule is C=CC(=O)Nc1cc2c(-c3ccccc3Cl)nc(C)cnc2c2cnnc12. The third kappa shape index (κ3) is 3.00. The Morgan fingerprint density at radius 1 is 1.19 bits per heavy atom. The van der Waals surface area contributed by atoms with Crippen LogP contribution < -0.4 is 5.32 Å². The van der Waals surface area contributed by atoms with Crippen molar-refractivity contribution < 1.29 is 4.79 Å². The summed E-state index contributed by atoms with van der Waals surface area (Å²) in [5.41, 5.74) is 3.93. The Morgan fingerprint density at radius 2 is 2.00 bits per heavy atom. The van der Waals surface area contributed by atoms with Crippen molar-refractivity contribution >= 4 is 45.0 Å². The molecule has 4 rings (SSSR count). The summed E-state index contributed by atoms with van der Waals surface area (Å²) in [6.07, 6.45) is 4.52. The van der Waals surface area contributed by atoms with Gasteiger partial charge in [-0.05, 0) is 25.1 Å². The van der Waals surface area contributed by atoms with E-state index in [9.17, 15) is 4.79 Å². The first kappa shape index (κ1) is 17.1. The maximum atomic E-state index is 11.9. The van der Waals surface area contributed by atoms with Gasteiger partial charge in [-0.15, -0.1) is 5.10 Å². The highest BCUT2D eigenvalue weighted by Gasteiger charge is 2.16. The van der Waals surface area contributed by atoms with E-state index in [2.05, 4.69) is 27.1 Å². The molecule has 0 bridgehead atoms. The molecule has 132 valence electrons. The average Bonchev–Trinajstić information content (AvgIpc) is 3.09. The molecule has 0 aliphatic carbocycles. The molecule has 0 saturated heterocycles. The highest BCUT2D eigenvalue weighted by molar-refractivity contribution is 6.33. The molecule has 0 unspecified atom stereocenters. The average molecular weight is 376 g/mol. The fourth-order valence-electron chi connectivity index (χ4n) is 2.94. The second-order valence-electron chi connectivity index (χ2n) is 5.96. The van der Waals surface area contributed by atoms with Crippen LogP contribution >= 0.6 is 11.6 Å². The molecular formula is C20H14ClN5O. The van der Waals surface area contributed by atoms with Crippen molar-refractivity contribution in [2.24, 2.45) is 0 Å². The lowest BCUT2D eigenvalue weighted by Crippen LogP contribution is -2.07.